The van der Waals surface area contributed by atoms with Gasteiger partial charge in [0.25, 0.3) is 5.91 Å². The molecule has 29 heavy (non-hydrogen) atoms. The molecule has 0 heterocycles. The molecule has 0 bridgehead atoms. The van der Waals surface area contributed by atoms with E-state index in [4.69, 9.17) is 4.74 Å². The van der Waals surface area contributed by atoms with Crippen LogP contribution in [0.25, 0.3) is 0 Å². The van der Waals surface area contributed by atoms with Gasteiger partial charge in [0.1, 0.15) is 12.3 Å². The van der Waals surface area contributed by atoms with E-state index in [1.807, 2.05) is 6.92 Å². The molecule has 2 aromatic rings. The summed E-state index contributed by atoms with van der Waals surface area (Å²) in [6.07, 6.45) is -4.37. The summed E-state index contributed by atoms with van der Waals surface area (Å²) in [5.74, 6) is -0.364. The summed E-state index contributed by atoms with van der Waals surface area (Å²) in [4.78, 5) is 25.2. The van der Waals surface area contributed by atoms with Crippen LogP contribution in [0.4, 0.5) is 18.9 Å². The second-order valence-electron chi connectivity index (χ2n) is 6.61. The summed E-state index contributed by atoms with van der Waals surface area (Å²) >= 11 is 0. The van der Waals surface area contributed by atoms with Gasteiger partial charge >= 0.3 is 6.18 Å². The second kappa shape index (κ2) is 9.45. The SMILES string of the molecule is CCOc1ccc(CC(=O)Nc2cc(C(=O)N(C)CC(F)(F)F)ccc2C)cc1. The van der Waals surface area contributed by atoms with Crippen molar-refractivity contribution in [1.82, 2.24) is 4.90 Å². The number of halogens is 3. The molecule has 0 unspecified atom stereocenters. The van der Waals surface area contributed by atoms with Gasteiger partial charge in [0.05, 0.1) is 13.0 Å². The molecule has 2 rings (SSSR count). The molecule has 0 saturated heterocycles. The zero-order chi connectivity index (χ0) is 21.6. The van der Waals surface area contributed by atoms with E-state index in [9.17, 15) is 22.8 Å². The van der Waals surface area contributed by atoms with Crippen LogP contribution >= 0.6 is 0 Å². The fourth-order valence-electron chi connectivity index (χ4n) is 2.70. The quantitative estimate of drug-likeness (QED) is 0.747. The predicted molar refractivity (Wildman–Crippen MR) is 104 cm³/mol. The number of nitrogens with one attached hydrogen (secondary N) is 1. The Morgan fingerprint density at radius 2 is 1.76 bits per heavy atom. The fraction of sp³-hybridized carbons (Fsp3) is 0.333. The molecule has 0 radical (unpaired) electrons. The number of nitrogens with zero attached hydrogens (tertiary/aromatic N) is 1. The molecule has 0 aromatic heterocycles. The fourth-order valence-corrected chi connectivity index (χ4v) is 2.70. The summed E-state index contributed by atoms with van der Waals surface area (Å²) in [6, 6.07) is 11.5. The Balaban J connectivity index is 2.07. The summed E-state index contributed by atoms with van der Waals surface area (Å²) < 4.78 is 42.9. The van der Waals surface area contributed by atoms with E-state index >= 15 is 0 Å². The van der Waals surface area contributed by atoms with E-state index in [1.165, 1.54) is 12.1 Å². The number of alkyl halides is 3. The molecule has 0 atom stereocenters. The Labute approximate surface area is 167 Å². The summed E-state index contributed by atoms with van der Waals surface area (Å²) in [5.41, 5.74) is 1.92. The minimum atomic E-state index is -4.48. The minimum Gasteiger partial charge on any atom is -0.494 e. The topological polar surface area (TPSA) is 58.6 Å². The van der Waals surface area contributed by atoms with Crippen molar-refractivity contribution < 1.29 is 27.5 Å². The zero-order valence-electron chi connectivity index (χ0n) is 16.5. The van der Waals surface area contributed by atoms with Gasteiger partial charge < -0.3 is 15.0 Å². The molecule has 0 aliphatic rings. The Hall–Kier alpha value is -3.03. The van der Waals surface area contributed by atoms with Crippen molar-refractivity contribution in [3.8, 4) is 5.75 Å². The third-order valence-electron chi connectivity index (χ3n) is 4.12. The number of aryl methyl sites for hydroxylation is 1. The van der Waals surface area contributed by atoms with Crippen LogP contribution in [-0.2, 0) is 11.2 Å². The highest BCUT2D eigenvalue weighted by atomic mass is 19.4. The van der Waals surface area contributed by atoms with E-state index in [-0.39, 0.29) is 17.9 Å². The van der Waals surface area contributed by atoms with Gasteiger partial charge in [-0.25, -0.2) is 0 Å². The van der Waals surface area contributed by atoms with Crippen molar-refractivity contribution in [2.24, 2.45) is 0 Å². The van der Waals surface area contributed by atoms with Crippen LogP contribution in [-0.4, -0.2) is 43.1 Å². The number of hydrogen-bond acceptors (Lipinski definition) is 3. The average Bonchev–Trinajstić information content (AvgIpc) is 2.63. The molecule has 0 aliphatic carbocycles. The molecule has 5 nitrogen and oxygen atoms in total. The highest BCUT2D eigenvalue weighted by molar-refractivity contribution is 5.98. The van der Waals surface area contributed by atoms with Crippen LogP contribution in [0.5, 0.6) is 5.75 Å². The smallest absolute Gasteiger partial charge is 0.406 e. The van der Waals surface area contributed by atoms with Crippen LogP contribution in [0.15, 0.2) is 42.5 Å². The standard InChI is InChI=1S/C21H23F3N2O3/c1-4-29-17-9-6-15(7-10-17)11-19(27)25-18-12-16(8-5-14(18)2)20(28)26(3)13-21(22,23)24/h5-10,12H,4,11,13H2,1-3H3,(H,25,27). The van der Waals surface area contributed by atoms with Gasteiger partial charge in [0.2, 0.25) is 5.91 Å². The van der Waals surface area contributed by atoms with Crippen LogP contribution in [0.2, 0.25) is 0 Å². The van der Waals surface area contributed by atoms with Crippen molar-refractivity contribution >= 4 is 17.5 Å². The highest BCUT2D eigenvalue weighted by Crippen LogP contribution is 2.21. The van der Waals surface area contributed by atoms with Crippen molar-refractivity contribution in [2.45, 2.75) is 26.4 Å². The maximum Gasteiger partial charge on any atom is 0.406 e. The van der Waals surface area contributed by atoms with Crippen LogP contribution < -0.4 is 10.1 Å². The number of carbonyl (C=O) groups excluding carboxylic acids is 2. The largest absolute Gasteiger partial charge is 0.494 e. The van der Waals surface area contributed by atoms with Crippen molar-refractivity contribution in [3.05, 3.63) is 59.2 Å². The van der Waals surface area contributed by atoms with Gasteiger partial charge in [-0.2, -0.15) is 13.2 Å². The average molecular weight is 408 g/mol. The molecule has 0 spiro atoms. The monoisotopic (exact) mass is 408 g/mol. The number of hydrogen-bond donors (Lipinski definition) is 1. The van der Waals surface area contributed by atoms with Gasteiger partial charge in [-0.1, -0.05) is 18.2 Å². The Morgan fingerprint density at radius 1 is 1.10 bits per heavy atom. The van der Waals surface area contributed by atoms with Crippen LogP contribution in [0.3, 0.4) is 0 Å². The van der Waals surface area contributed by atoms with Crippen molar-refractivity contribution in [1.29, 1.82) is 0 Å². The molecular weight excluding hydrogens is 385 g/mol. The number of anilines is 1. The number of ether oxygens (including phenoxy) is 1. The van der Waals surface area contributed by atoms with Gasteiger partial charge in [-0.05, 0) is 49.2 Å². The summed E-state index contributed by atoms with van der Waals surface area (Å²) in [7, 11) is 1.08. The summed E-state index contributed by atoms with van der Waals surface area (Å²) in [5, 5.41) is 2.72. The number of benzene rings is 2. The van der Waals surface area contributed by atoms with E-state index in [0.717, 1.165) is 12.6 Å². The lowest BCUT2D eigenvalue weighted by Crippen LogP contribution is -2.35. The maximum absolute atomic E-state index is 12.5. The molecular formula is C21H23F3N2O3. The molecule has 0 saturated carbocycles. The Bertz CT molecular complexity index is 864. The maximum atomic E-state index is 12.5. The van der Waals surface area contributed by atoms with Gasteiger partial charge in [0.15, 0.2) is 0 Å². The van der Waals surface area contributed by atoms with E-state index in [0.29, 0.717) is 28.5 Å². The predicted octanol–water partition coefficient (Wildman–Crippen LogP) is 4.21. The first-order valence-corrected chi connectivity index (χ1v) is 9.03. The van der Waals surface area contributed by atoms with Crippen molar-refractivity contribution in [2.75, 3.05) is 25.5 Å². The number of amides is 2. The van der Waals surface area contributed by atoms with E-state index in [1.54, 1.807) is 37.3 Å². The minimum absolute atomic E-state index is 0.0683. The molecule has 1 N–H and O–H groups in total. The highest BCUT2D eigenvalue weighted by Gasteiger charge is 2.31. The third kappa shape index (κ3) is 6.81. The van der Waals surface area contributed by atoms with Crippen molar-refractivity contribution in [3.63, 3.8) is 0 Å². The first-order chi connectivity index (χ1) is 13.6. The van der Waals surface area contributed by atoms with Gasteiger partial charge in [0, 0.05) is 18.3 Å². The third-order valence-corrected chi connectivity index (χ3v) is 4.12. The Morgan fingerprint density at radius 3 is 2.34 bits per heavy atom. The first kappa shape index (κ1) is 22.3. The first-order valence-electron chi connectivity index (χ1n) is 9.03. The van der Waals surface area contributed by atoms with E-state index in [2.05, 4.69) is 5.32 Å². The van der Waals surface area contributed by atoms with Crippen LogP contribution in [0.1, 0.15) is 28.4 Å². The normalized spacial score (nSPS) is 11.1. The second-order valence-corrected chi connectivity index (χ2v) is 6.61. The number of carbonyl (C=O) groups is 2. The Kier molecular flexibility index (Phi) is 7.25. The lowest BCUT2D eigenvalue weighted by Gasteiger charge is -2.19. The molecule has 0 fully saturated rings. The van der Waals surface area contributed by atoms with Crippen LogP contribution in [0, 0.1) is 6.92 Å². The molecule has 0 aliphatic heterocycles. The lowest BCUT2D eigenvalue weighted by molar-refractivity contribution is -0.138. The molecule has 2 amide bonds. The summed E-state index contributed by atoms with van der Waals surface area (Å²) in [6.45, 7) is 2.81. The van der Waals surface area contributed by atoms with E-state index < -0.39 is 18.6 Å². The van der Waals surface area contributed by atoms with Gasteiger partial charge in [-0.15, -0.1) is 0 Å². The molecule has 2 aromatic carbocycles. The van der Waals surface area contributed by atoms with Gasteiger partial charge in [-0.3, -0.25) is 9.59 Å². The molecule has 8 heteroatoms. The zero-order valence-corrected chi connectivity index (χ0v) is 16.5. The molecule has 156 valence electrons. The lowest BCUT2D eigenvalue weighted by atomic mass is 10.1. The number of rotatable bonds is 7.